The number of ether oxygens (including phenoxy) is 2. The number of hydrogen-bond donors (Lipinski definition) is 0. The number of amides is 1. The van der Waals surface area contributed by atoms with Crippen LogP contribution in [-0.2, 0) is 12.0 Å². The first-order chi connectivity index (χ1) is 17.1. The number of carbonyl (C=O) groups is 1. The Morgan fingerprint density at radius 3 is 2.58 bits per heavy atom. The summed E-state index contributed by atoms with van der Waals surface area (Å²) >= 11 is 7.56. The Balaban J connectivity index is 1.94. The van der Waals surface area contributed by atoms with Crippen LogP contribution in [0.25, 0.3) is 0 Å². The highest BCUT2D eigenvalue weighted by Crippen LogP contribution is 2.44. The number of carbonyl (C=O) groups excluding carboxylic acids is 1. The number of methoxy groups -OCH3 is 2. The molecule has 0 N–H and O–H groups in total. The van der Waals surface area contributed by atoms with E-state index >= 15 is 4.39 Å². The lowest BCUT2D eigenvalue weighted by molar-refractivity contribution is 0.0675. The largest absolute Gasteiger partial charge is 0.497 e. The molecule has 190 valence electrons. The SMILES string of the molecule is COc1ccc(CN2CC(C)(c3cccc(Cl)c3F)c3nc(SC)nc(N(C)C)c3C2=O)c(OC)c1. The molecule has 4 rings (SSSR count). The quantitative estimate of drug-likeness (QED) is 0.313. The molecule has 1 amide bonds. The minimum Gasteiger partial charge on any atom is -0.497 e. The summed E-state index contributed by atoms with van der Waals surface area (Å²) in [6, 6.07) is 10.4. The fourth-order valence-electron chi connectivity index (χ4n) is 4.59. The summed E-state index contributed by atoms with van der Waals surface area (Å²) in [7, 11) is 6.79. The van der Waals surface area contributed by atoms with E-state index in [0.717, 1.165) is 5.56 Å². The molecule has 0 saturated heterocycles. The summed E-state index contributed by atoms with van der Waals surface area (Å²) in [5.74, 6) is 0.947. The zero-order valence-electron chi connectivity index (χ0n) is 21.1. The first-order valence-electron chi connectivity index (χ1n) is 11.2. The van der Waals surface area contributed by atoms with Crippen LogP contribution in [0.2, 0.25) is 5.02 Å². The molecule has 0 saturated carbocycles. The van der Waals surface area contributed by atoms with Crippen molar-refractivity contribution < 1.29 is 18.7 Å². The summed E-state index contributed by atoms with van der Waals surface area (Å²) in [6.45, 7) is 2.31. The lowest BCUT2D eigenvalue weighted by Crippen LogP contribution is -2.50. The van der Waals surface area contributed by atoms with Gasteiger partial charge >= 0.3 is 0 Å². The van der Waals surface area contributed by atoms with Crippen LogP contribution >= 0.6 is 23.4 Å². The molecule has 7 nitrogen and oxygen atoms in total. The van der Waals surface area contributed by atoms with Crippen molar-refractivity contribution >= 4 is 35.1 Å². The maximum atomic E-state index is 15.5. The smallest absolute Gasteiger partial charge is 0.259 e. The van der Waals surface area contributed by atoms with Gasteiger partial charge in [0.15, 0.2) is 5.16 Å². The first-order valence-corrected chi connectivity index (χ1v) is 12.8. The summed E-state index contributed by atoms with van der Waals surface area (Å²) in [6.07, 6.45) is 1.87. The van der Waals surface area contributed by atoms with Crippen LogP contribution in [0.5, 0.6) is 11.5 Å². The highest BCUT2D eigenvalue weighted by Gasteiger charge is 2.46. The summed E-state index contributed by atoms with van der Waals surface area (Å²) < 4.78 is 26.4. The zero-order chi connectivity index (χ0) is 26.2. The van der Waals surface area contributed by atoms with Gasteiger partial charge in [-0.2, -0.15) is 0 Å². The van der Waals surface area contributed by atoms with Gasteiger partial charge < -0.3 is 19.3 Å². The number of anilines is 1. The van der Waals surface area contributed by atoms with E-state index in [-0.39, 0.29) is 24.0 Å². The third-order valence-electron chi connectivity index (χ3n) is 6.41. The highest BCUT2D eigenvalue weighted by molar-refractivity contribution is 7.98. The molecule has 1 unspecified atom stereocenters. The average molecular weight is 531 g/mol. The minimum atomic E-state index is -0.990. The molecule has 0 aliphatic carbocycles. The van der Waals surface area contributed by atoms with Crippen LogP contribution in [0.15, 0.2) is 41.6 Å². The van der Waals surface area contributed by atoms with Gasteiger partial charge in [-0.3, -0.25) is 4.79 Å². The monoisotopic (exact) mass is 530 g/mol. The van der Waals surface area contributed by atoms with Crippen molar-refractivity contribution in [2.45, 2.75) is 24.0 Å². The predicted octanol–water partition coefficient (Wildman–Crippen LogP) is 5.04. The van der Waals surface area contributed by atoms with Gasteiger partial charge in [0.05, 0.1) is 30.4 Å². The molecule has 1 aliphatic rings. The second-order valence-corrected chi connectivity index (χ2v) is 10.1. The van der Waals surface area contributed by atoms with Gasteiger partial charge in [-0.25, -0.2) is 14.4 Å². The number of fused-ring (bicyclic) bond motifs is 1. The lowest BCUT2D eigenvalue weighted by atomic mass is 9.74. The number of halogens is 2. The molecule has 36 heavy (non-hydrogen) atoms. The van der Waals surface area contributed by atoms with Crippen molar-refractivity contribution in [1.29, 1.82) is 0 Å². The lowest BCUT2D eigenvalue weighted by Gasteiger charge is -2.42. The number of benzene rings is 2. The molecule has 3 aromatic rings. The van der Waals surface area contributed by atoms with Gasteiger partial charge in [-0.1, -0.05) is 35.5 Å². The minimum absolute atomic E-state index is 0.0162. The molecule has 1 aliphatic heterocycles. The number of hydrogen-bond acceptors (Lipinski definition) is 7. The van der Waals surface area contributed by atoms with E-state index in [1.807, 2.05) is 39.4 Å². The van der Waals surface area contributed by atoms with Gasteiger partial charge in [-0.05, 0) is 31.4 Å². The molecule has 2 aromatic carbocycles. The molecular weight excluding hydrogens is 503 g/mol. The van der Waals surface area contributed by atoms with Crippen LogP contribution in [-0.4, -0.2) is 61.9 Å². The van der Waals surface area contributed by atoms with Crippen molar-refractivity contribution in [3.8, 4) is 11.5 Å². The van der Waals surface area contributed by atoms with Crippen LogP contribution in [0.4, 0.5) is 10.2 Å². The van der Waals surface area contributed by atoms with Crippen LogP contribution < -0.4 is 14.4 Å². The second kappa shape index (κ2) is 10.1. The molecule has 0 fully saturated rings. The van der Waals surface area contributed by atoms with E-state index in [1.54, 1.807) is 42.2 Å². The normalized spacial score (nSPS) is 17.1. The average Bonchev–Trinajstić information content (AvgIpc) is 2.87. The number of thioether (sulfide) groups is 1. The van der Waals surface area contributed by atoms with Crippen molar-refractivity contribution in [2.24, 2.45) is 0 Å². The fraction of sp³-hybridized carbons (Fsp3) is 0.346. The van der Waals surface area contributed by atoms with Gasteiger partial charge in [0.2, 0.25) is 0 Å². The molecule has 0 bridgehead atoms. The standard InChI is InChI=1S/C26H28ClFN4O3S/c1-26(17-8-7-9-18(27)21(17)28)14-32(13-15-10-11-16(34-4)12-19(15)35-5)24(33)20-22(26)29-25(36-6)30-23(20)31(2)3/h7-12H,13-14H2,1-6H3. The van der Waals surface area contributed by atoms with Crippen molar-refractivity contribution in [1.82, 2.24) is 14.9 Å². The van der Waals surface area contributed by atoms with Gasteiger partial charge in [-0.15, -0.1) is 0 Å². The van der Waals surface area contributed by atoms with E-state index in [2.05, 4.69) is 4.98 Å². The third kappa shape index (κ3) is 4.46. The molecular formula is C26H28ClFN4O3S. The van der Waals surface area contributed by atoms with Crippen LogP contribution in [0.1, 0.15) is 34.1 Å². The number of rotatable bonds is 7. The van der Waals surface area contributed by atoms with E-state index in [0.29, 0.717) is 39.3 Å². The van der Waals surface area contributed by atoms with Gasteiger partial charge in [0, 0.05) is 44.4 Å². The van der Waals surface area contributed by atoms with Gasteiger partial charge in [0.25, 0.3) is 5.91 Å². The summed E-state index contributed by atoms with van der Waals surface area (Å²) in [4.78, 5) is 26.8. The Bertz CT molecular complexity index is 1320. The predicted molar refractivity (Wildman–Crippen MR) is 140 cm³/mol. The molecule has 2 heterocycles. The Hall–Kier alpha value is -3.04. The topological polar surface area (TPSA) is 67.8 Å². The van der Waals surface area contributed by atoms with E-state index in [9.17, 15) is 4.79 Å². The summed E-state index contributed by atoms with van der Waals surface area (Å²) in [5.41, 5.74) is 0.992. The first kappa shape index (κ1) is 26.0. The van der Waals surface area contributed by atoms with Crippen molar-refractivity contribution in [3.63, 3.8) is 0 Å². The maximum absolute atomic E-state index is 15.5. The summed E-state index contributed by atoms with van der Waals surface area (Å²) in [5, 5.41) is 0.520. The van der Waals surface area contributed by atoms with E-state index in [1.165, 1.54) is 17.8 Å². The molecule has 1 atom stereocenters. The second-order valence-electron chi connectivity index (χ2n) is 8.92. The number of aromatic nitrogens is 2. The van der Waals surface area contributed by atoms with Crippen molar-refractivity contribution in [2.75, 3.05) is 46.0 Å². The molecule has 0 spiro atoms. The maximum Gasteiger partial charge on any atom is 0.259 e. The zero-order valence-corrected chi connectivity index (χ0v) is 22.6. The van der Waals surface area contributed by atoms with Crippen LogP contribution in [0, 0.1) is 5.82 Å². The Labute approximate surface area is 219 Å². The fourth-order valence-corrected chi connectivity index (χ4v) is 5.12. The Kier molecular flexibility index (Phi) is 7.33. The Morgan fingerprint density at radius 2 is 1.94 bits per heavy atom. The molecule has 1 aromatic heterocycles. The highest BCUT2D eigenvalue weighted by atomic mass is 35.5. The van der Waals surface area contributed by atoms with E-state index in [4.69, 9.17) is 26.1 Å². The molecule has 0 radical (unpaired) electrons. The Morgan fingerprint density at radius 1 is 1.19 bits per heavy atom. The van der Waals surface area contributed by atoms with Crippen molar-refractivity contribution in [3.05, 3.63) is 69.6 Å². The van der Waals surface area contributed by atoms with E-state index < -0.39 is 11.2 Å². The molecule has 10 heteroatoms. The number of nitrogens with zero attached hydrogens (tertiary/aromatic N) is 4. The van der Waals surface area contributed by atoms with Crippen LogP contribution in [0.3, 0.4) is 0 Å². The third-order valence-corrected chi connectivity index (χ3v) is 7.25. The van der Waals surface area contributed by atoms with Gasteiger partial charge in [0.1, 0.15) is 28.7 Å².